The van der Waals surface area contributed by atoms with Crippen molar-refractivity contribution in [3.05, 3.63) is 0 Å². The van der Waals surface area contributed by atoms with Gasteiger partial charge >= 0.3 is 0 Å². The zero-order valence-corrected chi connectivity index (χ0v) is 12.6. The maximum atomic E-state index is 10.1. The van der Waals surface area contributed by atoms with Crippen LogP contribution in [0.15, 0.2) is 0 Å². The van der Waals surface area contributed by atoms with Crippen molar-refractivity contribution >= 4 is 0 Å². The zero-order chi connectivity index (χ0) is 16.6. The molecule has 5 N–H and O–H groups in total. The van der Waals surface area contributed by atoms with E-state index in [0.717, 1.165) is 0 Å². The van der Waals surface area contributed by atoms with Gasteiger partial charge in [-0.2, -0.15) is 0 Å². The molecular weight excluding hydrogens is 300 g/mol. The van der Waals surface area contributed by atoms with Gasteiger partial charge in [-0.3, -0.25) is 0 Å². The summed E-state index contributed by atoms with van der Waals surface area (Å²) in [4.78, 5) is 0. The predicted octanol–water partition coefficient (Wildman–Crippen LogP) is -2.69. The van der Waals surface area contributed by atoms with Crippen LogP contribution in [0.4, 0.5) is 0 Å². The van der Waals surface area contributed by atoms with Crippen molar-refractivity contribution in [2.45, 2.75) is 75.3 Å². The molecule has 130 valence electrons. The third kappa shape index (κ3) is 3.28. The Bertz CT molecular complexity index is 367. The van der Waals surface area contributed by atoms with Gasteiger partial charge in [0.1, 0.15) is 36.6 Å². The Kier molecular flexibility index (Phi) is 5.75. The normalized spacial score (nSPS) is 53.5. The van der Waals surface area contributed by atoms with Crippen LogP contribution in [0.2, 0.25) is 0 Å². The molecule has 0 aliphatic carbocycles. The lowest BCUT2D eigenvalue weighted by molar-refractivity contribution is -0.350. The van der Waals surface area contributed by atoms with Crippen LogP contribution < -0.4 is 0 Å². The van der Waals surface area contributed by atoms with E-state index < -0.39 is 61.4 Å². The van der Waals surface area contributed by atoms with Crippen LogP contribution in [0.25, 0.3) is 0 Å². The SMILES string of the molecule is CO[C@@H]1O[C@H](C)[C@@H](O[C@@H]2O[C@@H](C)[C@H](O)[C@@H](O)[C@@H]2O)[C@H](O)[C@H]1O. The van der Waals surface area contributed by atoms with Gasteiger partial charge in [0.15, 0.2) is 12.6 Å². The summed E-state index contributed by atoms with van der Waals surface area (Å²) in [5.41, 5.74) is 0. The average molecular weight is 324 g/mol. The highest BCUT2D eigenvalue weighted by Gasteiger charge is 2.48. The lowest BCUT2D eigenvalue weighted by Crippen LogP contribution is -2.63. The first kappa shape index (κ1) is 18.0. The third-order valence-electron chi connectivity index (χ3n) is 4.11. The van der Waals surface area contributed by atoms with Gasteiger partial charge in [-0.05, 0) is 13.8 Å². The molecule has 9 nitrogen and oxygen atoms in total. The van der Waals surface area contributed by atoms with E-state index in [-0.39, 0.29) is 0 Å². The summed E-state index contributed by atoms with van der Waals surface area (Å²) in [7, 11) is 1.34. The van der Waals surface area contributed by atoms with Crippen LogP contribution in [0.5, 0.6) is 0 Å². The lowest BCUT2D eigenvalue weighted by atomic mass is 9.97. The molecule has 0 amide bonds. The van der Waals surface area contributed by atoms with Gasteiger partial charge in [0, 0.05) is 7.11 Å². The van der Waals surface area contributed by atoms with E-state index in [1.807, 2.05) is 0 Å². The van der Waals surface area contributed by atoms with E-state index in [4.69, 9.17) is 18.9 Å². The number of aliphatic hydroxyl groups excluding tert-OH is 5. The molecule has 2 aliphatic heterocycles. The Morgan fingerprint density at radius 1 is 0.682 bits per heavy atom. The van der Waals surface area contributed by atoms with Crippen LogP contribution in [-0.2, 0) is 18.9 Å². The number of hydrogen-bond acceptors (Lipinski definition) is 9. The average Bonchev–Trinajstić information content (AvgIpc) is 2.49. The van der Waals surface area contributed by atoms with Crippen molar-refractivity contribution in [3.63, 3.8) is 0 Å². The molecular formula is C13H24O9. The highest BCUT2D eigenvalue weighted by molar-refractivity contribution is 4.92. The van der Waals surface area contributed by atoms with Gasteiger partial charge < -0.3 is 44.5 Å². The zero-order valence-electron chi connectivity index (χ0n) is 12.6. The topological polar surface area (TPSA) is 138 Å². The fourth-order valence-electron chi connectivity index (χ4n) is 2.67. The smallest absolute Gasteiger partial charge is 0.187 e. The van der Waals surface area contributed by atoms with Crippen LogP contribution >= 0.6 is 0 Å². The standard InChI is InChI=1S/C13H24O9/c1-4-6(14)7(15)9(17)13(20-4)22-11-5(2)21-12(19-3)10(18)8(11)16/h4-18H,1-3H3/t4-,5+,6-,7+,8+,9-,10+,11+,12+,13-/m0/s1. The van der Waals surface area contributed by atoms with Crippen LogP contribution in [0, 0.1) is 0 Å². The van der Waals surface area contributed by atoms with E-state index >= 15 is 0 Å². The van der Waals surface area contributed by atoms with Crippen LogP contribution in [0.1, 0.15) is 13.8 Å². The molecule has 2 heterocycles. The Labute approximate surface area is 128 Å². The largest absolute Gasteiger partial charge is 0.388 e. The van der Waals surface area contributed by atoms with Gasteiger partial charge in [-0.1, -0.05) is 0 Å². The maximum Gasteiger partial charge on any atom is 0.187 e. The number of methoxy groups -OCH3 is 1. The van der Waals surface area contributed by atoms with Crippen molar-refractivity contribution in [2.24, 2.45) is 0 Å². The van der Waals surface area contributed by atoms with Crippen molar-refractivity contribution in [3.8, 4) is 0 Å². The molecule has 0 radical (unpaired) electrons. The molecule has 0 spiro atoms. The van der Waals surface area contributed by atoms with Crippen LogP contribution in [0.3, 0.4) is 0 Å². The summed E-state index contributed by atoms with van der Waals surface area (Å²) < 4.78 is 21.1. The summed E-state index contributed by atoms with van der Waals surface area (Å²) in [5, 5.41) is 49.3. The van der Waals surface area contributed by atoms with Crippen molar-refractivity contribution in [1.29, 1.82) is 0 Å². The summed E-state index contributed by atoms with van der Waals surface area (Å²) in [5.74, 6) is 0. The van der Waals surface area contributed by atoms with E-state index in [2.05, 4.69) is 0 Å². The summed E-state index contributed by atoms with van der Waals surface area (Å²) in [6.45, 7) is 3.12. The minimum atomic E-state index is -1.50. The molecule has 2 fully saturated rings. The molecule has 9 heteroatoms. The van der Waals surface area contributed by atoms with Gasteiger partial charge in [-0.25, -0.2) is 0 Å². The Hall–Kier alpha value is -0.360. The van der Waals surface area contributed by atoms with Crippen molar-refractivity contribution in [2.75, 3.05) is 7.11 Å². The monoisotopic (exact) mass is 324 g/mol. The molecule has 0 aromatic rings. The van der Waals surface area contributed by atoms with E-state index in [1.165, 1.54) is 14.0 Å². The Morgan fingerprint density at radius 2 is 1.23 bits per heavy atom. The summed E-state index contributed by atoms with van der Waals surface area (Å²) in [6, 6.07) is 0. The lowest BCUT2D eigenvalue weighted by Gasteiger charge is -2.45. The van der Waals surface area contributed by atoms with E-state index in [9.17, 15) is 25.5 Å². The van der Waals surface area contributed by atoms with Gasteiger partial charge in [0.05, 0.1) is 12.2 Å². The van der Waals surface area contributed by atoms with Crippen molar-refractivity contribution in [1.82, 2.24) is 0 Å². The van der Waals surface area contributed by atoms with Gasteiger partial charge in [0.25, 0.3) is 0 Å². The van der Waals surface area contributed by atoms with Gasteiger partial charge in [0.2, 0.25) is 0 Å². The molecule has 10 atom stereocenters. The first-order valence-electron chi connectivity index (χ1n) is 7.17. The molecule has 22 heavy (non-hydrogen) atoms. The predicted molar refractivity (Wildman–Crippen MR) is 70.6 cm³/mol. The molecule has 0 saturated carbocycles. The first-order valence-corrected chi connectivity index (χ1v) is 7.17. The molecule has 0 aromatic carbocycles. The number of ether oxygens (including phenoxy) is 4. The number of rotatable bonds is 3. The minimum absolute atomic E-state index is 0.654. The second-order valence-corrected chi connectivity index (χ2v) is 5.71. The van der Waals surface area contributed by atoms with E-state index in [0.29, 0.717) is 0 Å². The summed E-state index contributed by atoms with van der Waals surface area (Å²) in [6.07, 6.45) is -11.5. The fourth-order valence-corrected chi connectivity index (χ4v) is 2.67. The highest BCUT2D eigenvalue weighted by Crippen LogP contribution is 2.28. The molecule has 0 unspecified atom stereocenters. The second kappa shape index (κ2) is 7.04. The van der Waals surface area contributed by atoms with E-state index in [1.54, 1.807) is 6.92 Å². The van der Waals surface area contributed by atoms with Crippen molar-refractivity contribution < 1.29 is 44.5 Å². The molecule has 2 rings (SSSR count). The minimum Gasteiger partial charge on any atom is -0.388 e. The molecule has 0 aromatic heterocycles. The maximum absolute atomic E-state index is 10.1. The number of hydrogen-bond donors (Lipinski definition) is 5. The quantitative estimate of drug-likeness (QED) is 0.376. The Balaban J connectivity index is 2.06. The summed E-state index contributed by atoms with van der Waals surface area (Å²) >= 11 is 0. The van der Waals surface area contributed by atoms with Gasteiger partial charge in [-0.15, -0.1) is 0 Å². The third-order valence-corrected chi connectivity index (χ3v) is 4.11. The number of aliphatic hydroxyl groups is 5. The molecule has 2 saturated heterocycles. The molecule has 2 aliphatic rings. The first-order chi connectivity index (χ1) is 10.3. The second-order valence-electron chi connectivity index (χ2n) is 5.71. The Morgan fingerprint density at radius 3 is 1.82 bits per heavy atom. The molecule has 0 bridgehead atoms. The highest BCUT2D eigenvalue weighted by atomic mass is 16.7. The fraction of sp³-hybridized carbons (Fsp3) is 1.00. The van der Waals surface area contributed by atoms with Crippen LogP contribution in [-0.4, -0.2) is 94.1 Å².